The van der Waals surface area contributed by atoms with Gasteiger partial charge in [0.2, 0.25) is 0 Å². The summed E-state index contributed by atoms with van der Waals surface area (Å²) in [5.41, 5.74) is 2.33. The highest BCUT2D eigenvalue weighted by atomic mass is 32.2. The van der Waals surface area contributed by atoms with Crippen LogP contribution in [0.4, 0.5) is 0 Å². The first-order chi connectivity index (χ1) is 21.0. The third kappa shape index (κ3) is 6.86. The SMILES string of the molecule is CC[C@H]1[C@@H](O)[C@@H]2[C@H](CC[C@]3(C)[C@@H]([C@H](C)CCCC(=O)CS(=O)(=O)Cc4ccc(C(C)(C)C)cc4)CC[C@@H]23)[C@@]2(C)CC[C@@H](O)C[C@@H]12. The molecular formula is C39H62O5S. The van der Waals surface area contributed by atoms with Crippen molar-refractivity contribution in [3.8, 4) is 0 Å². The summed E-state index contributed by atoms with van der Waals surface area (Å²) in [5, 5.41) is 22.5. The maximum atomic E-state index is 12.9. The first kappa shape index (κ1) is 35.1. The van der Waals surface area contributed by atoms with Crippen molar-refractivity contribution in [3.05, 3.63) is 35.4 Å². The normalized spacial score (nSPS) is 39.0. The largest absolute Gasteiger partial charge is 0.393 e. The fourth-order valence-corrected chi connectivity index (χ4v) is 12.9. The van der Waals surface area contributed by atoms with Crippen LogP contribution in [0.1, 0.15) is 130 Å². The van der Waals surface area contributed by atoms with E-state index in [0.717, 1.165) is 49.7 Å². The molecule has 0 heterocycles. The average molecular weight is 643 g/mol. The van der Waals surface area contributed by atoms with E-state index in [9.17, 15) is 23.4 Å². The monoisotopic (exact) mass is 642 g/mol. The first-order valence-electron chi connectivity index (χ1n) is 18.2. The van der Waals surface area contributed by atoms with Crippen LogP contribution in [-0.2, 0) is 25.8 Å². The summed E-state index contributed by atoms with van der Waals surface area (Å²) >= 11 is 0. The van der Waals surface area contributed by atoms with Crippen LogP contribution in [0.3, 0.4) is 0 Å². The van der Waals surface area contributed by atoms with E-state index in [2.05, 4.69) is 48.5 Å². The van der Waals surface area contributed by atoms with Crippen LogP contribution in [0, 0.1) is 52.3 Å². The van der Waals surface area contributed by atoms with Crippen molar-refractivity contribution >= 4 is 15.6 Å². The van der Waals surface area contributed by atoms with Gasteiger partial charge in [-0.15, -0.1) is 0 Å². The van der Waals surface area contributed by atoms with Gasteiger partial charge in [-0.1, -0.05) is 85.6 Å². The minimum Gasteiger partial charge on any atom is -0.393 e. The Hall–Kier alpha value is -1.24. The Balaban J connectivity index is 1.16. The zero-order valence-electron chi connectivity index (χ0n) is 29.2. The van der Waals surface area contributed by atoms with E-state index in [-0.39, 0.29) is 51.7 Å². The summed E-state index contributed by atoms with van der Waals surface area (Å²) in [4.78, 5) is 12.8. The second kappa shape index (κ2) is 13.0. The maximum Gasteiger partial charge on any atom is 0.161 e. The van der Waals surface area contributed by atoms with Gasteiger partial charge in [-0.25, -0.2) is 8.42 Å². The van der Waals surface area contributed by atoms with Gasteiger partial charge < -0.3 is 10.2 Å². The Kier molecular flexibility index (Phi) is 10.1. The molecule has 6 heteroatoms. The third-order valence-electron chi connectivity index (χ3n) is 13.9. The van der Waals surface area contributed by atoms with E-state index in [4.69, 9.17) is 0 Å². The summed E-state index contributed by atoms with van der Waals surface area (Å²) in [6.07, 6.45) is 10.1. The number of carbonyl (C=O) groups is 1. The van der Waals surface area contributed by atoms with Gasteiger partial charge >= 0.3 is 0 Å². The van der Waals surface area contributed by atoms with Crippen LogP contribution < -0.4 is 0 Å². The summed E-state index contributed by atoms with van der Waals surface area (Å²) in [6.45, 7) is 16.0. The molecule has 0 aliphatic heterocycles. The summed E-state index contributed by atoms with van der Waals surface area (Å²) < 4.78 is 25.7. The smallest absolute Gasteiger partial charge is 0.161 e. The van der Waals surface area contributed by atoms with Crippen molar-refractivity contribution in [1.82, 2.24) is 0 Å². The minimum absolute atomic E-state index is 0.0121. The topological polar surface area (TPSA) is 91.7 Å². The van der Waals surface area contributed by atoms with Gasteiger partial charge in [-0.05, 0) is 120 Å². The van der Waals surface area contributed by atoms with Gasteiger partial charge in [0.05, 0.1) is 18.0 Å². The van der Waals surface area contributed by atoms with Crippen molar-refractivity contribution in [2.24, 2.45) is 52.3 Å². The molecule has 0 aromatic heterocycles. The molecule has 5 rings (SSSR count). The zero-order chi connectivity index (χ0) is 32.9. The summed E-state index contributed by atoms with van der Waals surface area (Å²) in [7, 11) is -3.50. The van der Waals surface area contributed by atoms with Crippen LogP contribution in [0.5, 0.6) is 0 Å². The molecule has 45 heavy (non-hydrogen) atoms. The fraction of sp³-hybridized carbons (Fsp3) is 0.821. The Morgan fingerprint density at radius 3 is 2.24 bits per heavy atom. The second-order valence-corrected chi connectivity index (χ2v) is 19.6. The lowest BCUT2D eigenvalue weighted by Gasteiger charge is -2.64. The maximum absolute atomic E-state index is 12.9. The Bertz CT molecular complexity index is 1300. The van der Waals surface area contributed by atoms with Crippen LogP contribution in [0.15, 0.2) is 24.3 Å². The van der Waals surface area contributed by atoms with Crippen LogP contribution in [-0.4, -0.2) is 42.4 Å². The number of aliphatic hydroxyl groups is 2. The van der Waals surface area contributed by atoms with Crippen molar-refractivity contribution < 1.29 is 23.4 Å². The van der Waals surface area contributed by atoms with Crippen molar-refractivity contribution in [1.29, 1.82) is 0 Å². The average Bonchev–Trinajstić information content (AvgIpc) is 3.30. The molecule has 11 atom stereocenters. The summed E-state index contributed by atoms with van der Waals surface area (Å²) in [6, 6.07) is 7.73. The molecule has 0 radical (unpaired) electrons. The van der Waals surface area contributed by atoms with E-state index < -0.39 is 9.84 Å². The molecule has 0 bridgehead atoms. The molecule has 1 aromatic carbocycles. The lowest BCUT2D eigenvalue weighted by Crippen LogP contribution is -2.62. The second-order valence-electron chi connectivity index (χ2n) is 17.5. The molecule has 4 saturated carbocycles. The predicted octanol–water partition coefficient (Wildman–Crippen LogP) is 7.90. The molecule has 2 N–H and O–H groups in total. The number of ketones is 1. The van der Waals surface area contributed by atoms with E-state index >= 15 is 0 Å². The molecule has 254 valence electrons. The van der Waals surface area contributed by atoms with E-state index in [1.165, 1.54) is 25.7 Å². The quantitative estimate of drug-likeness (QED) is 0.271. The minimum atomic E-state index is -3.50. The van der Waals surface area contributed by atoms with Gasteiger partial charge in [-0.3, -0.25) is 4.79 Å². The van der Waals surface area contributed by atoms with Gasteiger partial charge in [0.15, 0.2) is 9.84 Å². The molecule has 5 nitrogen and oxygen atoms in total. The Morgan fingerprint density at radius 2 is 1.60 bits per heavy atom. The molecule has 4 aliphatic rings. The number of hydrogen-bond acceptors (Lipinski definition) is 5. The van der Waals surface area contributed by atoms with Crippen LogP contribution >= 0.6 is 0 Å². The van der Waals surface area contributed by atoms with E-state index in [1.807, 2.05) is 24.3 Å². The molecule has 0 unspecified atom stereocenters. The zero-order valence-corrected chi connectivity index (χ0v) is 30.0. The highest BCUT2D eigenvalue weighted by Crippen LogP contribution is 2.69. The Morgan fingerprint density at radius 1 is 0.956 bits per heavy atom. The highest BCUT2D eigenvalue weighted by Gasteiger charge is 2.64. The van der Waals surface area contributed by atoms with Gasteiger partial charge in [0.25, 0.3) is 0 Å². The first-order valence-corrected chi connectivity index (χ1v) is 20.0. The van der Waals surface area contributed by atoms with Crippen molar-refractivity contribution in [2.45, 2.75) is 142 Å². The molecule has 4 fully saturated rings. The van der Waals surface area contributed by atoms with Crippen molar-refractivity contribution in [2.75, 3.05) is 5.75 Å². The highest BCUT2D eigenvalue weighted by molar-refractivity contribution is 7.91. The van der Waals surface area contributed by atoms with Crippen LogP contribution in [0.2, 0.25) is 0 Å². The Labute approximate surface area is 274 Å². The lowest BCUT2D eigenvalue weighted by atomic mass is 9.41. The third-order valence-corrected chi connectivity index (χ3v) is 15.4. The standard InChI is InChI=1S/C39H62O5S/c1-8-30-34-22-28(40)18-20-39(34,7)33-19-21-38(6)31(16-17-32(38)35(33)36(30)42)25(2)10-9-11-29(41)24-45(43,44)23-26-12-14-27(15-13-26)37(3,4)5/h12-15,25,28,30-36,40,42H,8-11,16-24H2,1-7H3/t25-,28-,30-,31-,32+,33+,34+,35+,36-,38-,39-/m1/s1. The van der Waals surface area contributed by atoms with E-state index in [1.54, 1.807) is 0 Å². The van der Waals surface area contributed by atoms with Gasteiger partial charge in [0, 0.05) is 6.42 Å². The number of benzene rings is 1. The predicted molar refractivity (Wildman–Crippen MR) is 182 cm³/mol. The number of fused-ring (bicyclic) bond motifs is 5. The lowest BCUT2D eigenvalue weighted by molar-refractivity contribution is -0.203. The van der Waals surface area contributed by atoms with Gasteiger partial charge in [0.1, 0.15) is 11.5 Å². The number of aliphatic hydroxyl groups excluding tert-OH is 2. The fourth-order valence-electron chi connectivity index (χ4n) is 11.5. The van der Waals surface area contributed by atoms with Crippen LogP contribution in [0.25, 0.3) is 0 Å². The van der Waals surface area contributed by atoms with E-state index in [0.29, 0.717) is 41.9 Å². The molecular weight excluding hydrogens is 580 g/mol. The number of rotatable bonds is 10. The van der Waals surface area contributed by atoms with Gasteiger partial charge in [-0.2, -0.15) is 0 Å². The molecule has 0 spiro atoms. The number of carbonyl (C=O) groups excluding carboxylic acids is 1. The molecule has 4 aliphatic carbocycles. The molecule has 0 saturated heterocycles. The summed E-state index contributed by atoms with van der Waals surface area (Å²) in [5.74, 6) is 2.52. The number of hydrogen-bond donors (Lipinski definition) is 2. The number of sulfone groups is 1. The molecule has 1 aromatic rings. The molecule has 0 amide bonds. The van der Waals surface area contributed by atoms with Crippen molar-refractivity contribution in [3.63, 3.8) is 0 Å². The number of Topliss-reactive ketones (excluding diaryl/α,β-unsaturated/α-hetero) is 1.